The number of urea groups is 1. The van der Waals surface area contributed by atoms with Crippen molar-refractivity contribution in [2.24, 2.45) is 5.14 Å². The van der Waals surface area contributed by atoms with Gasteiger partial charge >= 0.3 is 6.03 Å². The molecule has 0 atom stereocenters. The Morgan fingerprint density at radius 2 is 2.22 bits per heavy atom. The van der Waals surface area contributed by atoms with Crippen LogP contribution < -0.4 is 10.5 Å². The van der Waals surface area contributed by atoms with Gasteiger partial charge in [0.1, 0.15) is 0 Å². The molecule has 1 aliphatic heterocycles. The summed E-state index contributed by atoms with van der Waals surface area (Å²) in [7, 11) is -2.20. The van der Waals surface area contributed by atoms with Gasteiger partial charge in [-0.15, -0.1) is 11.3 Å². The molecule has 23 heavy (non-hydrogen) atoms. The average Bonchev–Trinajstić information content (AvgIpc) is 2.95. The fraction of sp³-hybridized carbons (Fsp3) is 0.667. The Morgan fingerprint density at radius 1 is 1.57 bits per heavy atom. The number of amides is 2. The van der Waals surface area contributed by atoms with Crippen molar-refractivity contribution in [3.8, 4) is 0 Å². The summed E-state index contributed by atoms with van der Waals surface area (Å²) in [5, 5.41) is 18.8. The molecule has 2 amide bonds. The number of aliphatic hydroxyl groups excluding tert-OH is 1. The molecule has 4 N–H and O–H groups in total. The molecule has 1 aliphatic rings. The lowest BCUT2D eigenvalue weighted by Crippen LogP contribution is -2.46. The number of hydrogen-bond acceptors (Lipinski definition) is 7. The molecule has 130 valence electrons. The van der Waals surface area contributed by atoms with E-state index in [4.69, 9.17) is 5.14 Å². The van der Waals surface area contributed by atoms with Crippen molar-refractivity contribution >= 4 is 27.4 Å². The van der Waals surface area contributed by atoms with E-state index in [9.17, 15) is 18.3 Å². The number of nitrogens with two attached hydrogens (primary N) is 1. The number of likely N-dealkylation sites (tertiary alicyclic amines) is 1. The van der Waals surface area contributed by atoms with E-state index >= 15 is 0 Å². The van der Waals surface area contributed by atoms with Gasteiger partial charge in [-0.25, -0.2) is 23.3 Å². The van der Waals surface area contributed by atoms with Gasteiger partial charge in [0, 0.05) is 25.5 Å². The molecule has 0 aliphatic carbocycles. The zero-order chi connectivity index (χ0) is 17.0. The van der Waals surface area contributed by atoms with Crippen molar-refractivity contribution in [1.29, 1.82) is 0 Å². The minimum absolute atomic E-state index is 0.159. The second kappa shape index (κ2) is 7.53. The number of thiazole rings is 1. The minimum atomic E-state index is -3.81. The summed E-state index contributed by atoms with van der Waals surface area (Å²) >= 11 is 0.932. The lowest BCUT2D eigenvalue weighted by molar-refractivity contribution is 0.0790. The molecule has 1 aromatic rings. The van der Waals surface area contributed by atoms with Crippen LogP contribution in [0.1, 0.15) is 18.5 Å². The number of hydrogen-bond donors (Lipinski definition) is 3. The molecule has 0 saturated carbocycles. The number of nitrogens with one attached hydrogen (secondary N) is 1. The molecule has 1 fully saturated rings. The number of carbonyl (C=O) groups excluding carboxylic acids is 1. The number of rotatable bonds is 5. The molecule has 9 nitrogen and oxygen atoms in total. The first-order valence-corrected chi connectivity index (χ1v) is 9.55. The lowest BCUT2D eigenvalue weighted by Gasteiger charge is -2.30. The second-order valence-corrected chi connectivity index (χ2v) is 8.09. The van der Waals surface area contributed by atoms with Crippen LogP contribution in [0.25, 0.3) is 0 Å². The van der Waals surface area contributed by atoms with Gasteiger partial charge in [0.2, 0.25) is 4.34 Å². The molecule has 0 bridgehead atoms. The van der Waals surface area contributed by atoms with E-state index in [0.29, 0.717) is 25.2 Å². The minimum Gasteiger partial charge on any atom is -0.393 e. The van der Waals surface area contributed by atoms with Crippen molar-refractivity contribution in [3.63, 3.8) is 0 Å². The van der Waals surface area contributed by atoms with Crippen LogP contribution in [0, 0.1) is 0 Å². The van der Waals surface area contributed by atoms with Crippen molar-refractivity contribution in [3.05, 3.63) is 11.1 Å². The predicted molar refractivity (Wildman–Crippen MR) is 85.2 cm³/mol. The Kier molecular flexibility index (Phi) is 5.92. The van der Waals surface area contributed by atoms with Gasteiger partial charge in [-0.1, -0.05) is 0 Å². The quantitative estimate of drug-likeness (QED) is 0.637. The average molecular weight is 363 g/mol. The predicted octanol–water partition coefficient (Wildman–Crippen LogP) is -0.654. The summed E-state index contributed by atoms with van der Waals surface area (Å²) < 4.78 is 22.2. The lowest BCUT2D eigenvalue weighted by atomic mass is 10.1. The largest absolute Gasteiger partial charge is 0.393 e. The zero-order valence-corrected chi connectivity index (χ0v) is 14.4. The number of nitrogens with zero attached hydrogens (tertiary/aromatic N) is 3. The first-order chi connectivity index (χ1) is 10.8. The molecule has 11 heteroatoms. The van der Waals surface area contributed by atoms with E-state index in [1.807, 2.05) is 0 Å². The highest BCUT2D eigenvalue weighted by molar-refractivity contribution is 7.91. The SMILES string of the molecule is CN(Cc1csc(S(N)(=O)=O)n1)C(=O)NCN1CCC(O)CC1. The van der Waals surface area contributed by atoms with E-state index in [0.717, 1.165) is 24.4 Å². The van der Waals surface area contributed by atoms with E-state index in [1.54, 1.807) is 12.4 Å². The molecule has 2 rings (SSSR count). The Morgan fingerprint density at radius 3 is 2.78 bits per heavy atom. The van der Waals surface area contributed by atoms with E-state index < -0.39 is 10.0 Å². The molecule has 2 heterocycles. The molecule has 1 saturated heterocycles. The molecular weight excluding hydrogens is 342 g/mol. The topological polar surface area (TPSA) is 129 Å². The van der Waals surface area contributed by atoms with Crippen LogP contribution in [-0.2, 0) is 16.6 Å². The number of piperidine rings is 1. The summed E-state index contributed by atoms with van der Waals surface area (Å²) in [4.78, 5) is 19.4. The maximum atomic E-state index is 12.0. The number of sulfonamides is 1. The highest BCUT2D eigenvalue weighted by Crippen LogP contribution is 2.15. The van der Waals surface area contributed by atoms with Gasteiger partial charge in [0.15, 0.2) is 0 Å². The van der Waals surface area contributed by atoms with E-state index in [-0.39, 0.29) is 23.0 Å². The number of primary sulfonamides is 1. The summed E-state index contributed by atoms with van der Waals surface area (Å²) in [6.07, 6.45) is 1.17. The maximum absolute atomic E-state index is 12.0. The van der Waals surface area contributed by atoms with Gasteiger partial charge in [0.05, 0.1) is 25.0 Å². The number of carbonyl (C=O) groups is 1. The Hall–Kier alpha value is -1.27. The Bertz CT molecular complexity index is 640. The molecule has 0 aromatic carbocycles. The van der Waals surface area contributed by atoms with Crippen LogP contribution in [0.15, 0.2) is 9.72 Å². The van der Waals surface area contributed by atoms with Gasteiger partial charge in [-0.05, 0) is 12.8 Å². The Balaban J connectivity index is 1.79. The van der Waals surface area contributed by atoms with E-state index in [2.05, 4.69) is 15.2 Å². The third-order valence-electron chi connectivity index (χ3n) is 3.53. The maximum Gasteiger partial charge on any atom is 0.318 e. The third-order valence-corrected chi connectivity index (χ3v) is 5.78. The van der Waals surface area contributed by atoms with Gasteiger partial charge < -0.3 is 15.3 Å². The van der Waals surface area contributed by atoms with Gasteiger partial charge in [-0.2, -0.15) is 0 Å². The fourth-order valence-electron chi connectivity index (χ4n) is 2.20. The number of aromatic nitrogens is 1. The monoisotopic (exact) mass is 363 g/mol. The molecule has 0 unspecified atom stereocenters. The number of aliphatic hydroxyl groups is 1. The highest BCUT2D eigenvalue weighted by atomic mass is 32.2. The summed E-state index contributed by atoms with van der Waals surface area (Å²) in [5.74, 6) is 0. The third kappa shape index (κ3) is 5.39. The standard InChI is InChI=1S/C12H21N5O4S2/c1-16(6-9-7-22-12(15-9)23(13,20)21)11(19)14-8-17-4-2-10(18)3-5-17/h7,10,18H,2-6,8H2,1H3,(H,14,19)(H2,13,20,21). The smallest absolute Gasteiger partial charge is 0.318 e. The molecule has 1 aromatic heterocycles. The fourth-order valence-corrected chi connectivity index (χ4v) is 3.66. The van der Waals surface area contributed by atoms with Gasteiger partial charge in [0.25, 0.3) is 10.0 Å². The molecular formula is C12H21N5O4S2. The van der Waals surface area contributed by atoms with Crippen LogP contribution >= 0.6 is 11.3 Å². The van der Waals surface area contributed by atoms with Crippen molar-refractivity contribution < 1.29 is 18.3 Å². The second-order valence-electron chi connectivity index (χ2n) is 5.50. The Labute approximate surface area is 139 Å². The normalized spacial score (nSPS) is 17.2. The van der Waals surface area contributed by atoms with Crippen LogP contribution in [0.3, 0.4) is 0 Å². The first kappa shape index (κ1) is 18.1. The van der Waals surface area contributed by atoms with Crippen LogP contribution in [0.5, 0.6) is 0 Å². The van der Waals surface area contributed by atoms with Crippen LogP contribution in [0.2, 0.25) is 0 Å². The van der Waals surface area contributed by atoms with Crippen molar-refractivity contribution in [2.75, 3.05) is 26.8 Å². The van der Waals surface area contributed by atoms with Crippen molar-refractivity contribution in [1.82, 2.24) is 20.1 Å². The first-order valence-electron chi connectivity index (χ1n) is 7.12. The summed E-state index contributed by atoms with van der Waals surface area (Å²) in [5.41, 5.74) is 0.470. The van der Waals surface area contributed by atoms with Crippen molar-refractivity contribution in [2.45, 2.75) is 29.8 Å². The molecule has 0 spiro atoms. The van der Waals surface area contributed by atoms with Gasteiger partial charge in [-0.3, -0.25) is 4.90 Å². The van der Waals surface area contributed by atoms with Crippen LogP contribution in [-0.4, -0.2) is 67.2 Å². The van der Waals surface area contributed by atoms with E-state index in [1.165, 1.54) is 4.90 Å². The molecule has 0 radical (unpaired) electrons. The van der Waals surface area contributed by atoms with Crippen LogP contribution in [0.4, 0.5) is 4.79 Å². The summed E-state index contributed by atoms with van der Waals surface area (Å²) in [6, 6.07) is -0.277. The zero-order valence-electron chi connectivity index (χ0n) is 12.8. The summed E-state index contributed by atoms with van der Waals surface area (Å²) in [6.45, 7) is 2.09. The highest BCUT2D eigenvalue weighted by Gasteiger charge is 2.19.